The number of halogens is 2. The number of hydrogen-bond donors (Lipinski definition) is 2. The van der Waals surface area contributed by atoms with Gasteiger partial charge in [-0.05, 0) is 60.6 Å². The van der Waals surface area contributed by atoms with Crippen molar-refractivity contribution in [2.75, 3.05) is 13.2 Å². The van der Waals surface area contributed by atoms with Gasteiger partial charge >= 0.3 is 0 Å². The van der Waals surface area contributed by atoms with Crippen molar-refractivity contribution in [1.82, 2.24) is 15.1 Å². The minimum Gasteiger partial charge on any atom is -0.506 e. The van der Waals surface area contributed by atoms with Crippen LogP contribution in [-0.4, -0.2) is 33.9 Å². The number of aromatic hydroxyl groups is 1. The molecule has 3 aromatic carbocycles. The van der Waals surface area contributed by atoms with Gasteiger partial charge in [0.1, 0.15) is 18.2 Å². The van der Waals surface area contributed by atoms with E-state index in [4.69, 9.17) is 0 Å². The van der Waals surface area contributed by atoms with E-state index in [1.165, 1.54) is 12.1 Å². The van der Waals surface area contributed by atoms with E-state index >= 15 is 0 Å². The van der Waals surface area contributed by atoms with Gasteiger partial charge in [0.05, 0.1) is 10.9 Å². The van der Waals surface area contributed by atoms with Crippen LogP contribution in [0.25, 0.3) is 27.7 Å². The van der Waals surface area contributed by atoms with Gasteiger partial charge in [-0.3, -0.25) is 9.48 Å². The first-order valence-corrected chi connectivity index (χ1v) is 13.5. The number of nitrogens with zero attached hydrogens (tertiary/aromatic N) is 2. The molecule has 4 aromatic rings. The number of fused-ring (bicyclic) bond motifs is 1. The Morgan fingerprint density at radius 3 is 2.41 bits per heavy atom. The van der Waals surface area contributed by atoms with Crippen LogP contribution in [0.2, 0.25) is 0 Å². The van der Waals surface area contributed by atoms with Crippen molar-refractivity contribution in [2.24, 2.45) is 5.92 Å². The molecule has 0 saturated heterocycles. The van der Waals surface area contributed by atoms with Crippen molar-refractivity contribution in [1.29, 1.82) is 0 Å². The molecule has 1 aromatic heterocycles. The van der Waals surface area contributed by atoms with Crippen molar-refractivity contribution in [3.8, 4) is 16.9 Å². The maximum absolute atomic E-state index is 13.2. The highest BCUT2D eigenvalue weighted by Crippen LogP contribution is 2.32. The van der Waals surface area contributed by atoms with Crippen LogP contribution < -0.4 is 5.32 Å². The Labute approximate surface area is 228 Å². The maximum Gasteiger partial charge on any atom is 0.162 e. The predicted octanol–water partition coefficient (Wildman–Crippen LogP) is 7.55. The molecule has 0 fully saturated rings. The first kappa shape index (κ1) is 28.0. The summed E-state index contributed by atoms with van der Waals surface area (Å²) >= 11 is 0. The Morgan fingerprint density at radius 1 is 1.05 bits per heavy atom. The Hall–Kier alpha value is -4.00. The highest BCUT2D eigenvalue weighted by molar-refractivity contribution is 5.96. The zero-order chi connectivity index (χ0) is 27.8. The molecule has 0 aliphatic rings. The monoisotopic (exact) mass is 531 g/mol. The molecule has 0 aliphatic carbocycles. The summed E-state index contributed by atoms with van der Waals surface area (Å²) in [5, 5.41) is 18.9. The first-order chi connectivity index (χ1) is 18.9. The number of hydrogen-bond acceptors (Lipinski definition) is 4. The van der Waals surface area contributed by atoms with E-state index in [2.05, 4.69) is 23.9 Å². The van der Waals surface area contributed by atoms with E-state index in [0.29, 0.717) is 46.6 Å². The van der Waals surface area contributed by atoms with Gasteiger partial charge in [0.2, 0.25) is 0 Å². The molecular weight excluding hydrogens is 496 g/mol. The average molecular weight is 532 g/mol. The van der Waals surface area contributed by atoms with Crippen LogP contribution in [-0.2, 0) is 6.54 Å². The molecule has 1 heterocycles. The van der Waals surface area contributed by atoms with Crippen LogP contribution in [0.1, 0.15) is 54.9 Å². The zero-order valence-electron chi connectivity index (χ0n) is 22.3. The average Bonchev–Trinajstić information content (AvgIpc) is 3.36. The molecular formula is C32H35F2N3O2. The Kier molecular flexibility index (Phi) is 9.47. The van der Waals surface area contributed by atoms with Crippen LogP contribution in [0, 0.1) is 11.7 Å². The van der Waals surface area contributed by atoms with Crippen LogP contribution in [0.3, 0.4) is 0 Å². The molecule has 0 saturated carbocycles. The number of ketones is 1. The molecule has 4 rings (SSSR count). The third-order valence-corrected chi connectivity index (χ3v) is 7.01. The topological polar surface area (TPSA) is 67.2 Å². The largest absolute Gasteiger partial charge is 0.506 e. The van der Waals surface area contributed by atoms with Crippen molar-refractivity contribution in [2.45, 2.75) is 45.6 Å². The number of nitrogens with one attached hydrogen (secondary N) is 1. The molecule has 1 unspecified atom stereocenters. The van der Waals surface area contributed by atoms with Gasteiger partial charge in [-0.25, -0.2) is 8.78 Å². The summed E-state index contributed by atoms with van der Waals surface area (Å²) in [7, 11) is 0. The molecule has 0 amide bonds. The lowest BCUT2D eigenvalue weighted by atomic mass is 9.94. The fourth-order valence-corrected chi connectivity index (χ4v) is 4.94. The second-order valence-corrected chi connectivity index (χ2v) is 9.89. The summed E-state index contributed by atoms with van der Waals surface area (Å²) in [5.74, 6) is 0.268. The maximum atomic E-state index is 13.2. The minimum atomic E-state index is -0.520. The summed E-state index contributed by atoms with van der Waals surface area (Å²) < 4.78 is 27.6. The standard InChI is InChI=1S/C32H35F2N3O2/c1-3-5-23(20-37-21-29-30(36-37)17-16-28(32(29)39)22(2)35-19-18-33)6-4-7-31(38)26-10-8-24(9-11-26)25-12-14-27(34)15-13-25/h8-17,21,23,35,39H,2-7,18-20H2,1H3. The van der Waals surface area contributed by atoms with Crippen LogP contribution >= 0.6 is 0 Å². The summed E-state index contributed by atoms with van der Waals surface area (Å²) in [6, 6.07) is 17.4. The quantitative estimate of drug-likeness (QED) is 0.165. The SMILES string of the molecule is C=C(NCCF)c1ccc2nn(CC(CCC)CCCC(=O)c3ccc(-c4ccc(F)cc4)cc3)cc2c1O. The number of phenols is 1. The molecule has 5 nitrogen and oxygen atoms in total. The van der Waals surface area contributed by atoms with Gasteiger partial charge in [0, 0.05) is 42.5 Å². The van der Waals surface area contributed by atoms with Crippen LogP contribution in [0.5, 0.6) is 5.75 Å². The third kappa shape index (κ3) is 7.11. The smallest absolute Gasteiger partial charge is 0.162 e. The van der Waals surface area contributed by atoms with Crippen LogP contribution in [0.4, 0.5) is 8.78 Å². The molecule has 1 atom stereocenters. The summed E-state index contributed by atoms with van der Waals surface area (Å²) in [6.45, 7) is 6.35. The van der Waals surface area contributed by atoms with Gasteiger partial charge in [-0.1, -0.05) is 56.3 Å². The van der Waals surface area contributed by atoms with Crippen molar-refractivity contribution in [3.05, 3.63) is 90.4 Å². The fraction of sp³-hybridized carbons (Fsp3) is 0.312. The number of alkyl halides is 1. The molecule has 7 heteroatoms. The molecule has 2 N–H and O–H groups in total. The normalized spacial score (nSPS) is 12.0. The van der Waals surface area contributed by atoms with Gasteiger partial charge in [0.25, 0.3) is 0 Å². The van der Waals surface area contributed by atoms with Crippen LogP contribution in [0.15, 0.2) is 73.4 Å². The highest BCUT2D eigenvalue weighted by Gasteiger charge is 2.16. The number of Topliss-reactive ketones (excluding diaryl/α,β-unsaturated/α-hetero) is 1. The van der Waals surface area contributed by atoms with E-state index < -0.39 is 6.67 Å². The number of rotatable bonds is 14. The summed E-state index contributed by atoms with van der Waals surface area (Å²) in [4.78, 5) is 12.8. The zero-order valence-corrected chi connectivity index (χ0v) is 22.3. The number of aromatic nitrogens is 2. The van der Waals surface area contributed by atoms with Crippen molar-refractivity contribution < 1.29 is 18.7 Å². The summed E-state index contributed by atoms with van der Waals surface area (Å²) in [5.41, 5.74) is 4.22. The number of carbonyl (C=O) groups is 1. The van der Waals surface area contributed by atoms with Gasteiger partial charge in [-0.15, -0.1) is 0 Å². The Bertz CT molecular complexity index is 1410. The third-order valence-electron chi connectivity index (χ3n) is 7.01. The second-order valence-electron chi connectivity index (χ2n) is 9.89. The van der Waals surface area contributed by atoms with E-state index in [1.54, 1.807) is 18.2 Å². The lowest BCUT2D eigenvalue weighted by molar-refractivity contribution is 0.0977. The van der Waals surface area contributed by atoms with E-state index in [0.717, 1.165) is 36.8 Å². The number of benzene rings is 3. The van der Waals surface area contributed by atoms with E-state index in [-0.39, 0.29) is 23.9 Å². The number of carbonyl (C=O) groups excluding carboxylic acids is 1. The first-order valence-electron chi connectivity index (χ1n) is 13.5. The highest BCUT2D eigenvalue weighted by atomic mass is 19.1. The minimum absolute atomic E-state index is 0.0817. The van der Waals surface area contributed by atoms with Gasteiger partial charge < -0.3 is 10.4 Å². The molecule has 0 bridgehead atoms. The molecule has 39 heavy (non-hydrogen) atoms. The van der Waals surface area contributed by atoms with Crippen molar-refractivity contribution >= 4 is 22.4 Å². The van der Waals surface area contributed by atoms with Gasteiger partial charge in [0.15, 0.2) is 5.78 Å². The fourth-order valence-electron chi connectivity index (χ4n) is 4.94. The Morgan fingerprint density at radius 2 is 1.74 bits per heavy atom. The number of phenolic OH excluding ortho intramolecular Hbond substituents is 1. The molecule has 0 spiro atoms. The van der Waals surface area contributed by atoms with E-state index in [1.807, 2.05) is 41.2 Å². The molecule has 0 radical (unpaired) electrons. The molecule has 0 aliphatic heterocycles. The Balaban J connectivity index is 1.35. The lowest BCUT2D eigenvalue weighted by Gasteiger charge is -2.16. The van der Waals surface area contributed by atoms with E-state index in [9.17, 15) is 18.7 Å². The van der Waals surface area contributed by atoms with Gasteiger partial charge in [-0.2, -0.15) is 5.10 Å². The lowest BCUT2D eigenvalue weighted by Crippen LogP contribution is -2.14. The predicted molar refractivity (Wildman–Crippen MR) is 153 cm³/mol. The second kappa shape index (κ2) is 13.2. The molecule has 204 valence electrons. The summed E-state index contributed by atoms with van der Waals surface area (Å²) in [6.07, 6.45) is 6.02. The van der Waals surface area contributed by atoms with Crippen molar-refractivity contribution in [3.63, 3.8) is 0 Å².